The van der Waals surface area contributed by atoms with Gasteiger partial charge in [-0.3, -0.25) is 14.4 Å². The molecule has 0 unspecified atom stereocenters. The van der Waals surface area contributed by atoms with Gasteiger partial charge in [-0.15, -0.1) is 11.8 Å². The van der Waals surface area contributed by atoms with Gasteiger partial charge >= 0.3 is 5.97 Å². The maximum atomic E-state index is 13.1. The van der Waals surface area contributed by atoms with Gasteiger partial charge in [-0.25, -0.2) is 0 Å². The zero-order chi connectivity index (χ0) is 23.6. The van der Waals surface area contributed by atoms with Gasteiger partial charge in [-0.05, 0) is 48.9 Å². The predicted octanol–water partition coefficient (Wildman–Crippen LogP) is 4.67. The highest BCUT2D eigenvalue weighted by Gasteiger charge is 2.15. The fourth-order valence-electron chi connectivity index (χ4n) is 2.93. The Balaban J connectivity index is 1.82. The zero-order valence-electron chi connectivity index (χ0n) is 18.3. The molecule has 0 heterocycles. The van der Waals surface area contributed by atoms with Crippen molar-refractivity contribution in [2.75, 3.05) is 18.2 Å². The summed E-state index contributed by atoms with van der Waals surface area (Å²) >= 11 is 1.30. The summed E-state index contributed by atoms with van der Waals surface area (Å²) in [6.45, 7) is 1.96. The molecule has 0 aromatic heterocycles. The van der Waals surface area contributed by atoms with Crippen LogP contribution >= 0.6 is 11.8 Å². The Labute approximate surface area is 197 Å². The summed E-state index contributed by atoms with van der Waals surface area (Å²) in [5.41, 5.74) is 2.92. The predicted molar refractivity (Wildman–Crippen MR) is 131 cm³/mol. The monoisotopic (exact) mass is 460 g/mol. The van der Waals surface area contributed by atoms with Crippen LogP contribution in [0.5, 0.6) is 0 Å². The molecule has 0 bridgehead atoms. The highest BCUT2D eigenvalue weighted by atomic mass is 32.2. The number of nitrogens with one attached hydrogen (secondary N) is 2. The first-order valence-corrected chi connectivity index (χ1v) is 11.2. The summed E-state index contributed by atoms with van der Waals surface area (Å²) in [6.07, 6.45) is 1.64. The van der Waals surface area contributed by atoms with Gasteiger partial charge in [0.2, 0.25) is 0 Å². The van der Waals surface area contributed by atoms with Gasteiger partial charge in [0.1, 0.15) is 5.70 Å². The Kier molecular flexibility index (Phi) is 8.43. The molecule has 6 nitrogen and oxygen atoms in total. The van der Waals surface area contributed by atoms with E-state index in [0.29, 0.717) is 11.3 Å². The fourth-order valence-corrected chi connectivity index (χ4v) is 3.72. The largest absolute Gasteiger partial charge is 0.468 e. The summed E-state index contributed by atoms with van der Waals surface area (Å²) in [5, 5.41) is 5.55. The molecule has 0 aliphatic carbocycles. The van der Waals surface area contributed by atoms with Crippen LogP contribution in [0.1, 0.15) is 21.5 Å². The molecule has 2 N–H and O–H groups in total. The first-order valence-electron chi connectivity index (χ1n) is 10.2. The van der Waals surface area contributed by atoms with Crippen molar-refractivity contribution < 1.29 is 19.1 Å². The average Bonchev–Trinajstić information content (AvgIpc) is 2.83. The number of hydrogen-bond acceptors (Lipinski definition) is 5. The third kappa shape index (κ3) is 7.36. The molecule has 33 heavy (non-hydrogen) atoms. The molecule has 3 aromatic carbocycles. The lowest BCUT2D eigenvalue weighted by Gasteiger charge is -2.12. The third-order valence-corrected chi connectivity index (χ3v) is 5.53. The second-order valence-corrected chi connectivity index (χ2v) is 8.19. The quantitative estimate of drug-likeness (QED) is 0.290. The van der Waals surface area contributed by atoms with Gasteiger partial charge < -0.3 is 15.4 Å². The number of aryl methyl sites for hydroxylation is 1. The van der Waals surface area contributed by atoms with Gasteiger partial charge in [-0.2, -0.15) is 0 Å². The molecule has 0 radical (unpaired) electrons. The number of methoxy groups -OCH3 is 1. The number of anilines is 1. The average molecular weight is 461 g/mol. The number of carbonyl (C=O) groups excluding carboxylic acids is 3. The summed E-state index contributed by atoms with van der Waals surface area (Å²) in [4.78, 5) is 38.0. The van der Waals surface area contributed by atoms with E-state index in [4.69, 9.17) is 0 Å². The highest BCUT2D eigenvalue weighted by molar-refractivity contribution is 8.00. The summed E-state index contributed by atoms with van der Waals surface area (Å²) in [6, 6.07) is 23.4. The van der Waals surface area contributed by atoms with Crippen LogP contribution in [0, 0.1) is 6.92 Å². The highest BCUT2D eigenvalue weighted by Crippen LogP contribution is 2.22. The molecule has 0 saturated heterocycles. The van der Waals surface area contributed by atoms with Gasteiger partial charge in [0.05, 0.1) is 12.9 Å². The van der Waals surface area contributed by atoms with E-state index in [9.17, 15) is 14.4 Å². The molecule has 0 aliphatic rings. The Hall–Kier alpha value is -3.84. The van der Waals surface area contributed by atoms with E-state index in [1.807, 2.05) is 43.3 Å². The number of benzene rings is 3. The van der Waals surface area contributed by atoms with Crippen molar-refractivity contribution in [3.8, 4) is 0 Å². The SMILES string of the molecule is COC(=O)CSc1cccc(NC(=O)/C(=C\c2cccc(C)c2)NC(=O)c2ccccc2)c1. The number of amides is 2. The number of esters is 1. The van der Waals surface area contributed by atoms with E-state index in [1.54, 1.807) is 48.5 Å². The van der Waals surface area contributed by atoms with Crippen LogP contribution in [0.2, 0.25) is 0 Å². The molecule has 7 heteroatoms. The van der Waals surface area contributed by atoms with Crippen LogP contribution in [0.25, 0.3) is 6.08 Å². The topological polar surface area (TPSA) is 84.5 Å². The van der Waals surface area contributed by atoms with E-state index in [0.717, 1.165) is 16.0 Å². The molecule has 3 aromatic rings. The van der Waals surface area contributed by atoms with Crippen molar-refractivity contribution >= 4 is 41.3 Å². The van der Waals surface area contributed by atoms with Crippen LogP contribution in [0.15, 0.2) is 89.5 Å². The van der Waals surface area contributed by atoms with E-state index < -0.39 is 5.91 Å². The molecular weight excluding hydrogens is 436 g/mol. The lowest BCUT2D eigenvalue weighted by molar-refractivity contribution is -0.137. The lowest BCUT2D eigenvalue weighted by atomic mass is 10.1. The standard InChI is InChI=1S/C26H24N2O4S/c1-18-8-6-9-19(14-18)15-23(28-25(30)20-10-4-3-5-11-20)26(31)27-21-12-7-13-22(16-21)33-17-24(29)32-2/h3-16H,17H2,1-2H3,(H,27,31)(H,28,30)/b23-15+. The molecule has 0 fully saturated rings. The van der Waals surface area contributed by atoms with Crippen LogP contribution < -0.4 is 10.6 Å². The fraction of sp³-hybridized carbons (Fsp3) is 0.115. The van der Waals surface area contributed by atoms with E-state index in [1.165, 1.54) is 18.9 Å². The summed E-state index contributed by atoms with van der Waals surface area (Å²) in [5.74, 6) is -1.01. The van der Waals surface area contributed by atoms with Gasteiger partial charge in [0, 0.05) is 16.1 Å². The number of thioether (sulfide) groups is 1. The Morgan fingerprint density at radius 2 is 1.70 bits per heavy atom. The minimum absolute atomic E-state index is 0.113. The molecule has 0 saturated carbocycles. The van der Waals surface area contributed by atoms with Crippen LogP contribution in [0.3, 0.4) is 0 Å². The number of rotatable bonds is 8. The van der Waals surface area contributed by atoms with Crippen molar-refractivity contribution in [1.29, 1.82) is 0 Å². The minimum atomic E-state index is -0.462. The van der Waals surface area contributed by atoms with Crippen LogP contribution in [0.4, 0.5) is 5.69 Å². The van der Waals surface area contributed by atoms with Crippen molar-refractivity contribution in [3.63, 3.8) is 0 Å². The van der Waals surface area contributed by atoms with E-state index in [-0.39, 0.29) is 23.3 Å². The molecular formula is C26H24N2O4S. The maximum Gasteiger partial charge on any atom is 0.315 e. The first kappa shape index (κ1) is 23.8. The maximum absolute atomic E-state index is 13.1. The van der Waals surface area contributed by atoms with Crippen molar-refractivity contribution in [2.24, 2.45) is 0 Å². The molecule has 2 amide bonds. The lowest BCUT2D eigenvalue weighted by Crippen LogP contribution is -2.30. The Morgan fingerprint density at radius 1 is 0.939 bits per heavy atom. The van der Waals surface area contributed by atoms with E-state index >= 15 is 0 Å². The van der Waals surface area contributed by atoms with Gasteiger partial charge in [0.15, 0.2) is 0 Å². The molecule has 3 rings (SSSR count). The van der Waals surface area contributed by atoms with Crippen molar-refractivity contribution in [1.82, 2.24) is 5.32 Å². The van der Waals surface area contributed by atoms with Gasteiger partial charge in [0.25, 0.3) is 11.8 Å². The minimum Gasteiger partial charge on any atom is -0.468 e. The summed E-state index contributed by atoms with van der Waals surface area (Å²) in [7, 11) is 1.34. The number of carbonyl (C=O) groups is 3. The third-order valence-electron chi connectivity index (χ3n) is 4.56. The normalized spacial score (nSPS) is 10.9. The zero-order valence-corrected chi connectivity index (χ0v) is 19.1. The first-order chi connectivity index (χ1) is 15.9. The van der Waals surface area contributed by atoms with Crippen LogP contribution in [-0.2, 0) is 14.3 Å². The number of ether oxygens (including phenoxy) is 1. The summed E-state index contributed by atoms with van der Waals surface area (Å²) < 4.78 is 4.66. The Morgan fingerprint density at radius 3 is 2.42 bits per heavy atom. The molecule has 0 aliphatic heterocycles. The van der Waals surface area contributed by atoms with Gasteiger partial charge in [-0.1, -0.05) is 54.1 Å². The van der Waals surface area contributed by atoms with Crippen molar-refractivity contribution in [3.05, 3.63) is 101 Å². The van der Waals surface area contributed by atoms with Crippen LogP contribution in [-0.4, -0.2) is 30.6 Å². The second kappa shape index (κ2) is 11.7. The molecule has 0 atom stereocenters. The van der Waals surface area contributed by atoms with E-state index in [2.05, 4.69) is 15.4 Å². The number of hydrogen-bond donors (Lipinski definition) is 2. The molecule has 168 valence electrons. The smallest absolute Gasteiger partial charge is 0.315 e. The second-order valence-electron chi connectivity index (χ2n) is 7.14. The molecule has 0 spiro atoms. The van der Waals surface area contributed by atoms with Crippen molar-refractivity contribution in [2.45, 2.75) is 11.8 Å². The Bertz CT molecular complexity index is 1180.